The van der Waals surface area contributed by atoms with Crippen LogP contribution in [0.2, 0.25) is 0 Å². The highest BCUT2D eigenvalue weighted by molar-refractivity contribution is 5.94. The van der Waals surface area contributed by atoms with E-state index in [1.807, 2.05) is 19.1 Å². The summed E-state index contributed by atoms with van der Waals surface area (Å²) in [5.74, 6) is -1.13. The third-order valence-corrected chi connectivity index (χ3v) is 5.04. The molecule has 1 aliphatic heterocycles. The number of rotatable bonds is 5. The second-order valence-corrected chi connectivity index (χ2v) is 8.90. The van der Waals surface area contributed by atoms with Crippen molar-refractivity contribution < 1.29 is 28.6 Å². The van der Waals surface area contributed by atoms with Gasteiger partial charge in [0.2, 0.25) is 5.91 Å². The predicted octanol–water partition coefficient (Wildman–Crippen LogP) is 2.70. The van der Waals surface area contributed by atoms with Crippen LogP contribution in [0.15, 0.2) is 12.1 Å². The molecule has 1 aromatic heterocycles. The first kappa shape index (κ1) is 24.5. The minimum atomic E-state index is -1.27. The van der Waals surface area contributed by atoms with E-state index >= 15 is 0 Å². The maximum absolute atomic E-state index is 13.3. The lowest BCUT2D eigenvalue weighted by molar-refractivity contribution is -0.147. The Balaban J connectivity index is 2.23. The minimum Gasteiger partial charge on any atom is -0.464 e. The lowest BCUT2D eigenvalue weighted by atomic mass is 10.1. The zero-order chi connectivity index (χ0) is 24.3. The van der Waals surface area contributed by atoms with Crippen LogP contribution in [-0.4, -0.2) is 66.0 Å². The molecule has 1 saturated heterocycles. The lowest BCUT2D eigenvalue weighted by Gasteiger charge is -2.29. The number of morpholine rings is 1. The summed E-state index contributed by atoms with van der Waals surface area (Å²) in [5.41, 5.74) is 1.97. The zero-order valence-electron chi connectivity index (χ0n) is 20.1. The summed E-state index contributed by atoms with van der Waals surface area (Å²) in [6, 6.07) is 2.57. The van der Waals surface area contributed by atoms with Crippen LogP contribution in [0.1, 0.15) is 52.0 Å². The summed E-state index contributed by atoms with van der Waals surface area (Å²) in [4.78, 5) is 44.8. The molecule has 0 radical (unpaired) electrons. The van der Waals surface area contributed by atoms with E-state index in [0.717, 1.165) is 24.3 Å². The van der Waals surface area contributed by atoms with Crippen molar-refractivity contribution in [2.24, 2.45) is 0 Å². The topological polar surface area (TPSA) is 112 Å². The van der Waals surface area contributed by atoms with E-state index in [1.54, 1.807) is 27.7 Å². The summed E-state index contributed by atoms with van der Waals surface area (Å²) in [6.07, 6.45) is -0.696. The van der Waals surface area contributed by atoms with Crippen LogP contribution in [0, 0.1) is 6.92 Å². The summed E-state index contributed by atoms with van der Waals surface area (Å²) >= 11 is 0. The van der Waals surface area contributed by atoms with Crippen molar-refractivity contribution in [1.82, 2.24) is 14.9 Å². The van der Waals surface area contributed by atoms with Gasteiger partial charge in [0.05, 0.1) is 30.9 Å². The molecule has 10 nitrogen and oxygen atoms in total. The third-order valence-electron chi connectivity index (χ3n) is 5.04. The highest BCUT2D eigenvalue weighted by atomic mass is 16.6. The number of aryl methyl sites for hydroxylation is 1. The average molecular weight is 461 g/mol. The third kappa shape index (κ3) is 5.62. The van der Waals surface area contributed by atoms with Crippen molar-refractivity contribution in [3.63, 3.8) is 0 Å². The fourth-order valence-corrected chi connectivity index (χ4v) is 3.70. The normalized spacial score (nSPS) is 15.3. The predicted molar refractivity (Wildman–Crippen MR) is 122 cm³/mol. The van der Waals surface area contributed by atoms with Crippen molar-refractivity contribution in [3.8, 4) is 0 Å². The molecule has 1 fully saturated rings. The number of carbonyl (C=O) groups is 3. The number of hydrogen-bond acceptors (Lipinski definition) is 8. The van der Waals surface area contributed by atoms with Gasteiger partial charge in [-0.15, -0.1) is 0 Å². The van der Waals surface area contributed by atoms with Gasteiger partial charge in [0, 0.05) is 25.7 Å². The molecular weight excluding hydrogens is 428 g/mol. The van der Waals surface area contributed by atoms with E-state index in [1.165, 1.54) is 11.5 Å². The SMILES string of the molecule is CCOC(=O)C(NC(C)=O)c1nc2c(C)cc(N3CCOCC3)cc2n1C(=O)OC(C)(C)C. The van der Waals surface area contributed by atoms with Crippen molar-refractivity contribution >= 4 is 34.7 Å². The molecule has 1 unspecified atom stereocenters. The summed E-state index contributed by atoms with van der Waals surface area (Å²) in [6.45, 7) is 12.9. The lowest BCUT2D eigenvalue weighted by Crippen LogP contribution is -2.37. The number of nitrogens with one attached hydrogen (secondary N) is 1. The monoisotopic (exact) mass is 460 g/mol. The van der Waals surface area contributed by atoms with Gasteiger partial charge in [-0.1, -0.05) is 0 Å². The Morgan fingerprint density at radius 3 is 2.45 bits per heavy atom. The first-order valence-corrected chi connectivity index (χ1v) is 11.0. The second-order valence-electron chi connectivity index (χ2n) is 8.90. The van der Waals surface area contributed by atoms with Gasteiger partial charge >= 0.3 is 12.1 Å². The van der Waals surface area contributed by atoms with Crippen molar-refractivity contribution in [2.75, 3.05) is 37.8 Å². The van der Waals surface area contributed by atoms with Gasteiger partial charge in [0.1, 0.15) is 5.60 Å². The number of ether oxygens (including phenoxy) is 3. The second kappa shape index (κ2) is 9.78. The molecule has 0 bridgehead atoms. The van der Waals surface area contributed by atoms with Crippen LogP contribution in [0.4, 0.5) is 10.5 Å². The average Bonchev–Trinajstić information content (AvgIpc) is 3.11. The molecule has 3 rings (SSSR count). The molecule has 0 spiro atoms. The van der Waals surface area contributed by atoms with Gasteiger partial charge in [-0.2, -0.15) is 0 Å². The van der Waals surface area contributed by atoms with Crippen molar-refractivity contribution in [2.45, 2.75) is 53.2 Å². The molecule has 1 aromatic carbocycles. The van der Waals surface area contributed by atoms with Gasteiger partial charge in [0.15, 0.2) is 11.9 Å². The van der Waals surface area contributed by atoms with E-state index in [0.29, 0.717) is 24.2 Å². The molecule has 1 amide bonds. The summed E-state index contributed by atoms with van der Waals surface area (Å²) in [7, 11) is 0. The number of aromatic nitrogens is 2. The number of amides is 1. The Kier molecular flexibility index (Phi) is 7.26. The Morgan fingerprint density at radius 2 is 1.88 bits per heavy atom. The molecule has 1 N–H and O–H groups in total. The first-order valence-electron chi connectivity index (χ1n) is 11.0. The molecule has 0 aliphatic carbocycles. The number of fused-ring (bicyclic) bond motifs is 1. The molecular formula is C23H32N4O6. The molecule has 33 heavy (non-hydrogen) atoms. The number of anilines is 1. The standard InChI is InChI=1S/C23H32N4O6/c1-7-32-21(29)19(24-15(3)28)20-25-18-14(2)12-16(26-8-10-31-11-9-26)13-17(18)27(20)22(30)33-23(4,5)6/h12-13,19H,7-11H2,1-6H3,(H,24,28). The molecule has 1 atom stereocenters. The number of benzene rings is 1. The smallest absolute Gasteiger partial charge is 0.420 e. The molecule has 2 aromatic rings. The van der Waals surface area contributed by atoms with Gasteiger partial charge in [-0.25, -0.2) is 19.1 Å². The largest absolute Gasteiger partial charge is 0.464 e. The van der Waals surface area contributed by atoms with Crippen LogP contribution in [0.3, 0.4) is 0 Å². The zero-order valence-corrected chi connectivity index (χ0v) is 20.1. The number of esters is 1. The Morgan fingerprint density at radius 1 is 1.21 bits per heavy atom. The maximum atomic E-state index is 13.3. The van der Waals surface area contributed by atoms with Crippen LogP contribution >= 0.6 is 0 Å². The van der Waals surface area contributed by atoms with Gasteiger partial charge in [-0.05, 0) is 52.3 Å². The van der Waals surface area contributed by atoms with Gasteiger partial charge in [0.25, 0.3) is 0 Å². The number of imidazole rings is 1. The molecule has 2 heterocycles. The van der Waals surface area contributed by atoms with Crippen molar-refractivity contribution in [3.05, 3.63) is 23.5 Å². The van der Waals surface area contributed by atoms with Gasteiger partial charge < -0.3 is 24.4 Å². The molecule has 1 aliphatic rings. The summed E-state index contributed by atoms with van der Waals surface area (Å²) < 4.78 is 17.5. The van der Waals surface area contributed by atoms with Gasteiger partial charge in [-0.3, -0.25) is 4.79 Å². The number of hydrogen-bond donors (Lipinski definition) is 1. The van der Waals surface area contributed by atoms with E-state index in [9.17, 15) is 14.4 Å². The van der Waals surface area contributed by atoms with Crippen LogP contribution in [-0.2, 0) is 23.8 Å². The van der Waals surface area contributed by atoms with Crippen LogP contribution in [0.5, 0.6) is 0 Å². The molecule has 0 saturated carbocycles. The van der Waals surface area contributed by atoms with E-state index in [4.69, 9.17) is 14.2 Å². The number of carbonyl (C=O) groups excluding carboxylic acids is 3. The minimum absolute atomic E-state index is 0.0372. The first-order chi connectivity index (χ1) is 15.5. The fourth-order valence-electron chi connectivity index (χ4n) is 3.70. The summed E-state index contributed by atoms with van der Waals surface area (Å²) in [5, 5.41) is 2.57. The quantitative estimate of drug-likeness (QED) is 0.678. The number of nitrogens with zero attached hydrogens (tertiary/aromatic N) is 3. The molecule has 180 valence electrons. The fraction of sp³-hybridized carbons (Fsp3) is 0.565. The Bertz CT molecular complexity index is 1050. The van der Waals surface area contributed by atoms with Crippen molar-refractivity contribution in [1.29, 1.82) is 0 Å². The highest BCUT2D eigenvalue weighted by Gasteiger charge is 2.33. The van der Waals surface area contributed by atoms with E-state index < -0.39 is 29.6 Å². The Labute approximate surface area is 193 Å². The molecule has 10 heteroatoms. The van der Waals surface area contributed by atoms with Crippen LogP contribution in [0.25, 0.3) is 11.0 Å². The van der Waals surface area contributed by atoms with E-state index in [2.05, 4.69) is 15.2 Å². The van der Waals surface area contributed by atoms with E-state index in [-0.39, 0.29) is 12.4 Å². The highest BCUT2D eigenvalue weighted by Crippen LogP contribution is 2.30. The maximum Gasteiger partial charge on any atom is 0.420 e. The Hall–Kier alpha value is -3.14. The van der Waals surface area contributed by atoms with Crippen LogP contribution < -0.4 is 10.2 Å².